The number of benzene rings is 2. The van der Waals surface area contributed by atoms with E-state index < -0.39 is 19.9 Å². The first-order chi connectivity index (χ1) is 9.79. The van der Waals surface area contributed by atoms with E-state index >= 15 is 0 Å². The van der Waals surface area contributed by atoms with Gasteiger partial charge in [0, 0.05) is 12.1 Å². The van der Waals surface area contributed by atoms with Crippen molar-refractivity contribution in [3.05, 3.63) is 52.6 Å². The third kappa shape index (κ3) is 3.27. The number of non-ortho nitro benzene ring substituents is 1. The zero-order valence-corrected chi connectivity index (χ0v) is 11.3. The highest BCUT2D eigenvalue weighted by Crippen LogP contribution is 2.30. The molecule has 0 aliphatic rings. The van der Waals surface area contributed by atoms with Gasteiger partial charge in [-0.25, -0.2) is 8.42 Å². The summed E-state index contributed by atoms with van der Waals surface area (Å²) in [6, 6.07) is 9.19. The van der Waals surface area contributed by atoms with Crippen molar-refractivity contribution in [1.29, 1.82) is 0 Å². The van der Waals surface area contributed by atoms with E-state index in [4.69, 9.17) is 5.73 Å². The number of para-hydroxylation sites is 1. The Morgan fingerprint density at radius 2 is 1.76 bits per heavy atom. The van der Waals surface area contributed by atoms with Gasteiger partial charge in [0.05, 0.1) is 26.9 Å². The zero-order valence-electron chi connectivity index (χ0n) is 10.5. The summed E-state index contributed by atoms with van der Waals surface area (Å²) < 4.78 is 33.5. The van der Waals surface area contributed by atoms with E-state index in [-0.39, 0.29) is 22.7 Å². The fourth-order valence-corrected chi connectivity index (χ4v) is 2.34. The molecule has 2 rings (SSSR count). The van der Waals surface area contributed by atoms with Crippen LogP contribution in [0, 0.1) is 10.1 Å². The lowest BCUT2D eigenvalue weighted by Crippen LogP contribution is -2.04. The van der Waals surface area contributed by atoms with Crippen LogP contribution >= 0.6 is 0 Å². The number of nitrogens with two attached hydrogens (primary N) is 1. The van der Waals surface area contributed by atoms with E-state index in [1.165, 1.54) is 24.3 Å². The van der Waals surface area contributed by atoms with Crippen molar-refractivity contribution in [3.8, 4) is 0 Å². The maximum Gasteiger partial charge on any atom is 0.271 e. The number of nitro benzene ring substituents is 1. The Balaban J connectivity index is 2.42. The first kappa shape index (κ1) is 14.8. The Bertz CT molecular complexity index is 804. The summed E-state index contributed by atoms with van der Waals surface area (Å²) in [5.41, 5.74) is 5.85. The molecule has 0 bridgehead atoms. The predicted molar refractivity (Wildman–Crippen MR) is 75.2 cm³/mol. The van der Waals surface area contributed by atoms with Crippen molar-refractivity contribution < 1.29 is 17.9 Å². The van der Waals surface area contributed by atoms with Crippen LogP contribution in [0.5, 0.6) is 0 Å². The van der Waals surface area contributed by atoms with Gasteiger partial charge in [0.1, 0.15) is 10.1 Å². The van der Waals surface area contributed by atoms with Gasteiger partial charge in [-0.15, -0.1) is 0 Å². The lowest BCUT2D eigenvalue weighted by Gasteiger charge is -2.15. The minimum Gasteiger partial charge on any atom is -0.744 e. The standard InChI is InChI=1S/C12H11N3O5S/c13-9-7-8(15(16)17)5-6-10(9)14-11-3-1-2-4-12(11)21(18,19)20/h1-7,14H,13H2,(H,18,19,20)/p-1. The maximum atomic E-state index is 11.2. The van der Waals surface area contributed by atoms with Gasteiger partial charge in [0.2, 0.25) is 0 Å². The molecule has 0 atom stereocenters. The lowest BCUT2D eigenvalue weighted by molar-refractivity contribution is -0.384. The quantitative estimate of drug-likeness (QED) is 0.380. The van der Waals surface area contributed by atoms with Gasteiger partial charge in [-0.05, 0) is 18.2 Å². The fraction of sp³-hybridized carbons (Fsp3) is 0. The van der Waals surface area contributed by atoms with E-state index in [1.807, 2.05) is 0 Å². The summed E-state index contributed by atoms with van der Waals surface area (Å²) in [4.78, 5) is 9.59. The second-order valence-corrected chi connectivity index (χ2v) is 5.45. The highest BCUT2D eigenvalue weighted by molar-refractivity contribution is 7.86. The molecule has 0 aromatic heterocycles. The number of rotatable bonds is 4. The van der Waals surface area contributed by atoms with Crippen molar-refractivity contribution >= 4 is 32.9 Å². The fourth-order valence-electron chi connectivity index (χ4n) is 1.71. The third-order valence-electron chi connectivity index (χ3n) is 2.67. The number of nitrogen functional groups attached to an aromatic ring is 1. The molecule has 3 N–H and O–H groups in total. The van der Waals surface area contributed by atoms with Gasteiger partial charge in [0.15, 0.2) is 0 Å². The molecule has 2 aromatic rings. The molecule has 0 aliphatic heterocycles. The summed E-state index contributed by atoms with van der Waals surface area (Å²) in [6.07, 6.45) is 0. The first-order valence-electron chi connectivity index (χ1n) is 5.65. The molecule has 2 aromatic carbocycles. The average Bonchev–Trinajstić information content (AvgIpc) is 2.40. The van der Waals surface area contributed by atoms with Crippen molar-refractivity contribution in [3.63, 3.8) is 0 Å². The van der Waals surface area contributed by atoms with E-state index in [2.05, 4.69) is 5.32 Å². The molecule has 0 unspecified atom stereocenters. The molecule has 110 valence electrons. The molecule has 0 radical (unpaired) electrons. The van der Waals surface area contributed by atoms with E-state index in [9.17, 15) is 23.1 Å². The van der Waals surface area contributed by atoms with Gasteiger partial charge in [-0.3, -0.25) is 10.1 Å². The van der Waals surface area contributed by atoms with Crippen molar-refractivity contribution in [1.82, 2.24) is 0 Å². The SMILES string of the molecule is Nc1cc([N+](=O)[O-])ccc1Nc1ccccc1S(=O)(=O)[O-]. The molecule has 0 heterocycles. The molecule has 0 aliphatic carbocycles. The van der Waals surface area contributed by atoms with Gasteiger partial charge >= 0.3 is 0 Å². The highest BCUT2D eigenvalue weighted by Gasteiger charge is 2.12. The van der Waals surface area contributed by atoms with Crippen molar-refractivity contribution in [2.45, 2.75) is 4.90 Å². The molecule has 0 amide bonds. The van der Waals surface area contributed by atoms with Gasteiger partial charge < -0.3 is 15.6 Å². The predicted octanol–water partition coefficient (Wildman–Crippen LogP) is 1.82. The molecule has 9 heteroatoms. The van der Waals surface area contributed by atoms with Crippen LogP contribution in [-0.4, -0.2) is 17.9 Å². The second kappa shape index (κ2) is 5.38. The largest absolute Gasteiger partial charge is 0.744 e. The third-order valence-corrected chi connectivity index (χ3v) is 3.57. The van der Waals surface area contributed by atoms with Gasteiger partial charge in [-0.1, -0.05) is 12.1 Å². The van der Waals surface area contributed by atoms with Crippen molar-refractivity contribution in [2.24, 2.45) is 0 Å². The Kier molecular flexibility index (Phi) is 3.78. The summed E-state index contributed by atoms with van der Waals surface area (Å²) in [6.45, 7) is 0. The Morgan fingerprint density at radius 3 is 2.33 bits per heavy atom. The number of hydrogen-bond donors (Lipinski definition) is 2. The van der Waals surface area contributed by atoms with Crippen LogP contribution in [0.1, 0.15) is 0 Å². The van der Waals surface area contributed by atoms with Crippen LogP contribution in [0.15, 0.2) is 47.4 Å². The molecule has 0 spiro atoms. The molecule has 8 nitrogen and oxygen atoms in total. The maximum absolute atomic E-state index is 11.2. The van der Waals surface area contributed by atoms with Crippen LogP contribution < -0.4 is 11.1 Å². The molecule has 0 saturated heterocycles. The highest BCUT2D eigenvalue weighted by atomic mass is 32.2. The number of hydrogen-bond acceptors (Lipinski definition) is 7. The summed E-state index contributed by atoms with van der Waals surface area (Å²) in [5, 5.41) is 13.3. The zero-order chi connectivity index (χ0) is 15.6. The van der Waals surface area contributed by atoms with Crippen LogP contribution in [-0.2, 0) is 10.1 Å². The molecule has 0 saturated carbocycles. The summed E-state index contributed by atoms with van der Waals surface area (Å²) >= 11 is 0. The second-order valence-electron chi connectivity index (χ2n) is 4.10. The average molecular weight is 308 g/mol. The minimum atomic E-state index is -4.65. The Labute approximate surface area is 120 Å². The molecular weight excluding hydrogens is 298 g/mol. The summed E-state index contributed by atoms with van der Waals surface area (Å²) in [7, 11) is -4.65. The van der Waals surface area contributed by atoms with Crippen molar-refractivity contribution in [2.75, 3.05) is 11.1 Å². The molecule has 0 fully saturated rings. The number of nitrogens with one attached hydrogen (secondary N) is 1. The van der Waals surface area contributed by atoms with Gasteiger partial charge in [-0.2, -0.15) is 0 Å². The molecular formula is C12H10N3O5S-. The topological polar surface area (TPSA) is 138 Å². The normalized spacial score (nSPS) is 11.1. The Hall–Kier alpha value is -2.65. The number of anilines is 3. The monoisotopic (exact) mass is 308 g/mol. The lowest BCUT2D eigenvalue weighted by atomic mass is 10.2. The van der Waals surface area contributed by atoms with Gasteiger partial charge in [0.25, 0.3) is 5.69 Å². The first-order valence-corrected chi connectivity index (χ1v) is 7.06. The Morgan fingerprint density at radius 1 is 1.10 bits per heavy atom. The van der Waals surface area contributed by atoms with E-state index in [0.717, 1.165) is 12.1 Å². The number of nitro groups is 1. The summed E-state index contributed by atoms with van der Waals surface area (Å²) in [5.74, 6) is 0. The number of nitrogens with zero attached hydrogens (tertiary/aromatic N) is 1. The molecule has 21 heavy (non-hydrogen) atoms. The minimum absolute atomic E-state index is 0.0491. The van der Waals surface area contributed by atoms with E-state index in [1.54, 1.807) is 6.07 Å². The van der Waals surface area contributed by atoms with E-state index in [0.29, 0.717) is 0 Å². The van der Waals surface area contributed by atoms with Crippen LogP contribution in [0.3, 0.4) is 0 Å². The van der Waals surface area contributed by atoms with Crippen LogP contribution in [0.4, 0.5) is 22.7 Å². The van der Waals surface area contributed by atoms with Crippen LogP contribution in [0.2, 0.25) is 0 Å². The van der Waals surface area contributed by atoms with Crippen LogP contribution in [0.25, 0.3) is 0 Å². The smallest absolute Gasteiger partial charge is 0.271 e.